The minimum absolute atomic E-state index is 0.0848. The highest BCUT2D eigenvalue weighted by molar-refractivity contribution is 5.98. The topological polar surface area (TPSA) is 66.1 Å². The van der Waals surface area contributed by atoms with Gasteiger partial charge in [0.15, 0.2) is 6.10 Å². The fourth-order valence-corrected chi connectivity index (χ4v) is 7.61. The third kappa shape index (κ3) is 4.92. The number of nitrogens with zero attached hydrogens (tertiary/aromatic N) is 3. The number of fused-ring (bicyclic) bond motifs is 3. The van der Waals surface area contributed by atoms with E-state index in [0.717, 1.165) is 44.5 Å². The first-order valence-corrected chi connectivity index (χ1v) is 16.1. The van der Waals surface area contributed by atoms with Gasteiger partial charge in [-0.25, -0.2) is 4.98 Å². The highest BCUT2D eigenvalue weighted by atomic mass is 16.5. The molecule has 3 heterocycles. The summed E-state index contributed by atoms with van der Waals surface area (Å²) in [5.41, 5.74) is 6.78. The monoisotopic (exact) mass is 619 g/mol. The molecule has 0 aliphatic carbocycles. The molecule has 6 nitrogen and oxygen atoms in total. The van der Waals surface area contributed by atoms with Crippen molar-refractivity contribution in [2.45, 2.75) is 44.8 Å². The zero-order valence-corrected chi connectivity index (χ0v) is 26.7. The number of ether oxygens (including phenoxy) is 1. The van der Waals surface area contributed by atoms with E-state index in [0.29, 0.717) is 25.0 Å². The molecule has 234 valence electrons. The zero-order valence-electron chi connectivity index (χ0n) is 26.7. The van der Waals surface area contributed by atoms with Gasteiger partial charge in [0, 0.05) is 23.7 Å². The lowest BCUT2D eigenvalue weighted by Crippen LogP contribution is -2.38. The molecule has 2 atom stereocenters. The minimum Gasteiger partial charge on any atom is -0.455 e. The van der Waals surface area contributed by atoms with Gasteiger partial charge < -0.3 is 9.30 Å². The van der Waals surface area contributed by atoms with Gasteiger partial charge in [0.2, 0.25) is 5.91 Å². The van der Waals surface area contributed by atoms with Crippen molar-refractivity contribution in [1.29, 1.82) is 0 Å². The third-order valence-corrected chi connectivity index (χ3v) is 9.57. The average molecular weight is 620 g/mol. The Morgan fingerprint density at radius 3 is 2.02 bits per heavy atom. The van der Waals surface area contributed by atoms with E-state index < -0.39 is 23.5 Å². The van der Waals surface area contributed by atoms with Crippen LogP contribution in [0.15, 0.2) is 134 Å². The van der Waals surface area contributed by atoms with E-state index in [1.807, 2.05) is 96.7 Å². The van der Waals surface area contributed by atoms with Crippen LogP contribution in [-0.2, 0) is 27.9 Å². The SMILES string of the molecule is C=CCc1c2n(c3ccccc13)C(=O)C(C(OC(C)=O)c1ncn(C(c3ccccc3)(c3ccccc3)c3ccccc3)c1C)CC2. The van der Waals surface area contributed by atoms with E-state index >= 15 is 0 Å². The second-order valence-electron chi connectivity index (χ2n) is 12.2. The van der Waals surface area contributed by atoms with Crippen molar-refractivity contribution in [2.75, 3.05) is 0 Å². The van der Waals surface area contributed by atoms with Crippen molar-refractivity contribution in [1.82, 2.24) is 14.1 Å². The molecule has 0 N–H and O–H groups in total. The number of hydrogen-bond acceptors (Lipinski definition) is 4. The van der Waals surface area contributed by atoms with Crippen molar-refractivity contribution in [3.8, 4) is 0 Å². The third-order valence-electron chi connectivity index (χ3n) is 9.57. The first-order chi connectivity index (χ1) is 23.0. The fourth-order valence-electron chi connectivity index (χ4n) is 7.61. The zero-order chi connectivity index (χ0) is 32.5. The highest BCUT2D eigenvalue weighted by Gasteiger charge is 2.44. The summed E-state index contributed by atoms with van der Waals surface area (Å²) in [6.07, 6.45) is 4.74. The van der Waals surface area contributed by atoms with Gasteiger partial charge in [-0.1, -0.05) is 115 Å². The van der Waals surface area contributed by atoms with Crippen LogP contribution in [0, 0.1) is 12.8 Å². The van der Waals surface area contributed by atoms with Gasteiger partial charge in [0.05, 0.1) is 17.8 Å². The van der Waals surface area contributed by atoms with Crippen LogP contribution >= 0.6 is 0 Å². The number of allylic oxidation sites excluding steroid dienone is 1. The second-order valence-corrected chi connectivity index (χ2v) is 12.2. The van der Waals surface area contributed by atoms with Gasteiger partial charge >= 0.3 is 5.97 Å². The highest BCUT2D eigenvalue weighted by Crippen LogP contribution is 2.44. The van der Waals surface area contributed by atoms with Crippen LogP contribution in [0.3, 0.4) is 0 Å². The summed E-state index contributed by atoms with van der Waals surface area (Å²) < 4.78 is 10.1. The molecule has 7 rings (SSSR count). The largest absolute Gasteiger partial charge is 0.455 e. The number of carbonyl (C=O) groups is 2. The minimum atomic E-state index is -0.863. The molecule has 0 saturated heterocycles. The van der Waals surface area contributed by atoms with Crippen molar-refractivity contribution in [3.05, 3.63) is 174 Å². The maximum absolute atomic E-state index is 14.5. The molecule has 4 aromatic carbocycles. The Hall–Kier alpha value is -5.49. The molecular weight excluding hydrogens is 582 g/mol. The van der Waals surface area contributed by atoms with Crippen molar-refractivity contribution < 1.29 is 14.3 Å². The molecular formula is C41H37N3O3. The molecule has 1 aliphatic heterocycles. The predicted octanol–water partition coefficient (Wildman–Crippen LogP) is 8.22. The van der Waals surface area contributed by atoms with Gasteiger partial charge in [-0.3, -0.25) is 14.2 Å². The number of hydrogen-bond donors (Lipinski definition) is 0. The Balaban J connectivity index is 1.41. The molecule has 0 saturated carbocycles. The molecule has 0 bridgehead atoms. The maximum Gasteiger partial charge on any atom is 0.303 e. The summed E-state index contributed by atoms with van der Waals surface area (Å²) in [4.78, 5) is 32.2. The Bertz CT molecular complexity index is 1980. The summed E-state index contributed by atoms with van der Waals surface area (Å²) in [6.45, 7) is 7.37. The Labute approximate surface area is 275 Å². The molecule has 6 heteroatoms. The van der Waals surface area contributed by atoms with Gasteiger partial charge in [-0.15, -0.1) is 6.58 Å². The second kappa shape index (κ2) is 12.4. The van der Waals surface area contributed by atoms with Crippen molar-refractivity contribution in [3.63, 3.8) is 0 Å². The summed E-state index contributed by atoms with van der Waals surface area (Å²) in [7, 11) is 0. The molecule has 6 aromatic rings. The quantitative estimate of drug-likeness (QED) is 0.0929. The normalized spacial score (nSPS) is 15.3. The fraction of sp³-hybridized carbons (Fsp3) is 0.195. The number of para-hydroxylation sites is 1. The van der Waals surface area contributed by atoms with Crippen LogP contribution in [0.2, 0.25) is 0 Å². The first kappa shape index (κ1) is 30.2. The van der Waals surface area contributed by atoms with Crippen LogP contribution in [0.25, 0.3) is 10.9 Å². The van der Waals surface area contributed by atoms with E-state index in [-0.39, 0.29) is 5.91 Å². The van der Waals surface area contributed by atoms with Crippen LogP contribution in [-0.4, -0.2) is 26.0 Å². The molecule has 0 amide bonds. The lowest BCUT2D eigenvalue weighted by Gasteiger charge is -2.38. The standard InChI is InChI=1S/C41H37N3O3/c1-4-16-33-34-23-14-15-24-36(34)44-37(33)26-25-35(40(44)46)39(47-29(3)45)38-28(2)43(27-42-38)41(30-17-8-5-9-18-30,31-19-10-6-11-20-31)32-21-12-7-13-22-32/h4-15,17-24,27,35,39H,1,16,25-26H2,2-3H3. The van der Waals surface area contributed by atoms with Crippen LogP contribution in [0.4, 0.5) is 0 Å². The molecule has 0 fully saturated rings. The molecule has 0 spiro atoms. The van der Waals surface area contributed by atoms with E-state index in [1.54, 1.807) is 0 Å². The number of carbonyl (C=O) groups excluding carboxylic acids is 2. The number of benzene rings is 4. The molecule has 1 aliphatic rings. The maximum atomic E-state index is 14.5. The Morgan fingerprint density at radius 1 is 0.915 bits per heavy atom. The van der Waals surface area contributed by atoms with Crippen molar-refractivity contribution >= 4 is 22.8 Å². The first-order valence-electron chi connectivity index (χ1n) is 16.1. The molecule has 2 unspecified atom stereocenters. The Kier molecular flexibility index (Phi) is 7.94. The molecule has 0 radical (unpaired) electrons. The summed E-state index contributed by atoms with van der Waals surface area (Å²) in [5.74, 6) is -1.15. The molecule has 47 heavy (non-hydrogen) atoms. The predicted molar refractivity (Wildman–Crippen MR) is 184 cm³/mol. The number of esters is 1. The van der Waals surface area contributed by atoms with Crippen LogP contribution in [0.5, 0.6) is 0 Å². The van der Waals surface area contributed by atoms with E-state index in [2.05, 4.69) is 53.6 Å². The summed E-state index contributed by atoms with van der Waals surface area (Å²) in [6, 6.07) is 39.1. The Morgan fingerprint density at radius 2 is 1.47 bits per heavy atom. The summed E-state index contributed by atoms with van der Waals surface area (Å²) in [5, 5.41) is 1.05. The van der Waals surface area contributed by atoms with Gasteiger partial charge in [-0.2, -0.15) is 0 Å². The lowest BCUT2D eigenvalue weighted by molar-refractivity contribution is -0.149. The van der Waals surface area contributed by atoms with Gasteiger partial charge in [0.1, 0.15) is 11.2 Å². The number of rotatable bonds is 9. The van der Waals surface area contributed by atoms with E-state index in [4.69, 9.17) is 9.72 Å². The average Bonchev–Trinajstić information content (AvgIpc) is 3.64. The smallest absolute Gasteiger partial charge is 0.303 e. The molecule has 2 aromatic heterocycles. The number of imidazole rings is 1. The lowest BCUT2D eigenvalue weighted by atomic mass is 9.76. The number of aromatic nitrogens is 3. The van der Waals surface area contributed by atoms with Crippen LogP contribution in [0.1, 0.15) is 63.6 Å². The van der Waals surface area contributed by atoms with Gasteiger partial charge in [-0.05, 0) is 54.5 Å². The van der Waals surface area contributed by atoms with Crippen LogP contribution < -0.4 is 0 Å². The van der Waals surface area contributed by atoms with Gasteiger partial charge in [0.25, 0.3) is 0 Å². The van der Waals surface area contributed by atoms with Crippen molar-refractivity contribution in [2.24, 2.45) is 5.92 Å². The van der Waals surface area contributed by atoms with E-state index in [1.165, 1.54) is 6.92 Å². The summed E-state index contributed by atoms with van der Waals surface area (Å²) >= 11 is 0. The van der Waals surface area contributed by atoms with E-state index in [9.17, 15) is 9.59 Å².